The third kappa shape index (κ3) is 2.66. The van der Waals surface area contributed by atoms with E-state index in [9.17, 15) is 17.6 Å². The molecule has 0 spiro atoms. The summed E-state index contributed by atoms with van der Waals surface area (Å²) < 4.78 is 34.0. The van der Waals surface area contributed by atoms with Gasteiger partial charge in [0.05, 0.1) is 0 Å². The van der Waals surface area contributed by atoms with E-state index in [1.165, 1.54) is 19.1 Å². The monoisotopic (exact) mass is 278 g/mol. The Morgan fingerprint density at radius 3 is 2.24 bits per heavy atom. The van der Waals surface area contributed by atoms with Crippen molar-refractivity contribution < 1.29 is 17.6 Å². The Balaban J connectivity index is 3.18. The lowest BCUT2D eigenvalue weighted by Gasteiger charge is -2.20. The quantitative estimate of drug-likeness (QED) is 0.628. The molecule has 1 aromatic carbocycles. The van der Waals surface area contributed by atoms with Crippen molar-refractivity contribution in [2.45, 2.75) is 18.1 Å². The van der Waals surface area contributed by atoms with E-state index in [1.807, 2.05) is 0 Å². The molecule has 0 fully saturated rings. The number of ketones is 1. The number of rotatable bonds is 4. The van der Waals surface area contributed by atoms with Crippen molar-refractivity contribution in [1.82, 2.24) is 0 Å². The third-order valence-electron chi connectivity index (χ3n) is 2.48. The molecule has 0 heterocycles. The van der Waals surface area contributed by atoms with Gasteiger partial charge in [0.15, 0.2) is 15.6 Å². The number of benzene rings is 1. The Morgan fingerprint density at radius 2 is 1.82 bits per heavy atom. The van der Waals surface area contributed by atoms with Crippen LogP contribution in [0.3, 0.4) is 0 Å². The van der Waals surface area contributed by atoms with Crippen molar-refractivity contribution in [1.29, 1.82) is 0 Å². The molecule has 17 heavy (non-hydrogen) atoms. The highest BCUT2D eigenvalue weighted by atomic mass is 35.5. The van der Waals surface area contributed by atoms with Gasteiger partial charge in [0.25, 0.3) is 0 Å². The van der Waals surface area contributed by atoms with E-state index in [2.05, 4.69) is 0 Å². The summed E-state index contributed by atoms with van der Waals surface area (Å²) in [6.45, 7) is 2.55. The van der Waals surface area contributed by atoms with Crippen molar-refractivity contribution in [3.8, 4) is 0 Å². The fourth-order valence-corrected chi connectivity index (χ4v) is 2.65. The maximum atomic E-state index is 12.7. The minimum atomic E-state index is -3.73. The molecule has 1 aromatic rings. The van der Waals surface area contributed by atoms with Crippen LogP contribution in [0.1, 0.15) is 24.2 Å². The summed E-state index contributed by atoms with van der Waals surface area (Å²) in [6.07, 6.45) is 0. The van der Waals surface area contributed by atoms with Crippen molar-refractivity contribution >= 4 is 27.2 Å². The summed E-state index contributed by atoms with van der Waals surface area (Å²) in [4.78, 5) is 11.9. The second kappa shape index (κ2) is 4.74. The molecule has 3 nitrogen and oxygen atoms in total. The van der Waals surface area contributed by atoms with Crippen LogP contribution >= 0.6 is 11.6 Å². The first-order chi connectivity index (χ1) is 7.72. The van der Waals surface area contributed by atoms with Crippen LogP contribution in [0, 0.1) is 5.82 Å². The highest BCUT2D eigenvalue weighted by Crippen LogP contribution is 2.28. The van der Waals surface area contributed by atoms with Gasteiger partial charge in [-0.25, -0.2) is 12.8 Å². The Kier molecular flexibility index (Phi) is 3.94. The Bertz CT molecular complexity index is 520. The lowest BCUT2D eigenvalue weighted by molar-refractivity contribution is 0.0978. The zero-order valence-electron chi connectivity index (χ0n) is 9.41. The van der Waals surface area contributed by atoms with Crippen LogP contribution in [0.5, 0.6) is 0 Å². The molecule has 6 heteroatoms. The molecular weight excluding hydrogens is 267 g/mol. The number of alkyl halides is 1. The van der Waals surface area contributed by atoms with Gasteiger partial charge in [-0.1, -0.05) is 18.5 Å². The largest absolute Gasteiger partial charge is 0.291 e. The van der Waals surface area contributed by atoms with Gasteiger partial charge in [-0.15, -0.1) is 0 Å². The Hall–Kier alpha value is -0.940. The maximum Gasteiger partial charge on any atom is 0.205 e. The number of sulfone groups is 1. The van der Waals surface area contributed by atoms with Gasteiger partial charge in [-0.3, -0.25) is 4.79 Å². The smallest absolute Gasteiger partial charge is 0.205 e. The number of hydrogen-bond donors (Lipinski definition) is 0. The molecule has 0 aliphatic rings. The van der Waals surface area contributed by atoms with Gasteiger partial charge in [0.2, 0.25) is 4.21 Å². The van der Waals surface area contributed by atoms with Crippen LogP contribution in [0.4, 0.5) is 4.39 Å². The van der Waals surface area contributed by atoms with Gasteiger partial charge >= 0.3 is 0 Å². The first-order valence-electron chi connectivity index (χ1n) is 4.94. The molecule has 94 valence electrons. The normalized spacial score (nSPS) is 15.3. The van der Waals surface area contributed by atoms with E-state index in [-0.39, 0.29) is 11.3 Å². The first-order valence-corrected chi connectivity index (χ1v) is 6.97. The fraction of sp³-hybridized carbons (Fsp3) is 0.364. The highest BCUT2D eigenvalue weighted by molar-refractivity contribution is 7.95. The fourth-order valence-electron chi connectivity index (χ4n) is 1.27. The molecule has 0 amide bonds. The molecule has 0 radical (unpaired) electrons. The predicted octanol–water partition coefficient (Wildman–Crippen LogP) is 2.40. The Labute approximate surface area is 105 Å². The van der Waals surface area contributed by atoms with Crippen molar-refractivity contribution in [3.05, 3.63) is 35.6 Å². The van der Waals surface area contributed by atoms with E-state index in [4.69, 9.17) is 11.6 Å². The summed E-state index contributed by atoms with van der Waals surface area (Å²) in [5.74, 6) is -1.49. The second-order valence-electron chi connectivity index (χ2n) is 3.66. The van der Waals surface area contributed by atoms with E-state index in [1.54, 1.807) is 0 Å². The van der Waals surface area contributed by atoms with E-state index < -0.39 is 25.6 Å². The van der Waals surface area contributed by atoms with Crippen LogP contribution < -0.4 is 0 Å². The van der Waals surface area contributed by atoms with Crippen LogP contribution in [0.2, 0.25) is 0 Å². The van der Waals surface area contributed by atoms with Gasteiger partial charge in [0, 0.05) is 11.3 Å². The molecule has 0 unspecified atom stereocenters. The molecular formula is C11H12ClFO3S. The number of halogens is 2. The molecule has 0 saturated carbocycles. The van der Waals surface area contributed by atoms with Crippen LogP contribution in [-0.4, -0.2) is 24.2 Å². The minimum absolute atomic E-state index is 0.0703. The number of Topliss-reactive ketones (excluding diaryl/α,β-unsaturated/α-hetero) is 1. The van der Waals surface area contributed by atoms with Gasteiger partial charge < -0.3 is 0 Å². The highest BCUT2D eigenvalue weighted by Gasteiger charge is 2.43. The average Bonchev–Trinajstić information content (AvgIpc) is 2.28. The first kappa shape index (κ1) is 14.1. The Morgan fingerprint density at radius 1 is 1.35 bits per heavy atom. The topological polar surface area (TPSA) is 51.2 Å². The third-order valence-corrected chi connectivity index (χ3v) is 5.47. The summed E-state index contributed by atoms with van der Waals surface area (Å²) in [5.41, 5.74) is 0.0703. The molecule has 0 aliphatic carbocycles. The van der Waals surface area contributed by atoms with Crippen LogP contribution in [-0.2, 0) is 9.84 Å². The minimum Gasteiger partial charge on any atom is -0.291 e. The zero-order chi connectivity index (χ0) is 13.3. The SMILES string of the molecule is CCS(=O)(=O)[C@@](C)(Cl)C(=O)c1ccc(F)cc1. The van der Waals surface area contributed by atoms with E-state index in [0.29, 0.717) is 0 Å². The molecule has 0 N–H and O–H groups in total. The number of carbonyl (C=O) groups excluding carboxylic acids is 1. The molecule has 1 rings (SSSR count). The van der Waals surface area contributed by atoms with Gasteiger partial charge in [-0.2, -0.15) is 0 Å². The van der Waals surface area contributed by atoms with Crippen LogP contribution in [0.25, 0.3) is 0 Å². The van der Waals surface area contributed by atoms with E-state index >= 15 is 0 Å². The lowest BCUT2D eigenvalue weighted by atomic mass is 10.1. The lowest BCUT2D eigenvalue weighted by Crippen LogP contribution is -2.39. The number of carbonyl (C=O) groups is 1. The molecule has 0 saturated heterocycles. The van der Waals surface area contributed by atoms with Gasteiger partial charge in [0.1, 0.15) is 5.82 Å². The van der Waals surface area contributed by atoms with Crippen molar-refractivity contribution in [3.63, 3.8) is 0 Å². The second-order valence-corrected chi connectivity index (χ2v) is 7.26. The molecule has 1 atom stereocenters. The zero-order valence-corrected chi connectivity index (χ0v) is 11.0. The summed E-state index contributed by atoms with van der Waals surface area (Å²) in [7, 11) is -3.73. The summed E-state index contributed by atoms with van der Waals surface area (Å²) in [5, 5.41) is 0. The summed E-state index contributed by atoms with van der Waals surface area (Å²) in [6, 6.07) is 4.59. The number of hydrogen-bond acceptors (Lipinski definition) is 3. The van der Waals surface area contributed by atoms with Crippen LogP contribution in [0.15, 0.2) is 24.3 Å². The van der Waals surface area contributed by atoms with Gasteiger partial charge in [-0.05, 0) is 31.2 Å². The molecule has 0 aromatic heterocycles. The summed E-state index contributed by atoms with van der Waals surface area (Å²) >= 11 is 5.82. The predicted molar refractivity (Wildman–Crippen MR) is 64.4 cm³/mol. The van der Waals surface area contributed by atoms with Crippen molar-refractivity contribution in [2.24, 2.45) is 0 Å². The van der Waals surface area contributed by atoms with E-state index in [0.717, 1.165) is 19.1 Å². The average molecular weight is 279 g/mol. The molecule has 0 bridgehead atoms. The maximum absolute atomic E-state index is 12.7. The van der Waals surface area contributed by atoms with Crippen molar-refractivity contribution in [2.75, 3.05) is 5.75 Å². The molecule has 0 aliphatic heterocycles. The standard InChI is InChI=1S/C11H12ClFO3S/c1-3-17(15,16)11(2,12)10(14)8-4-6-9(13)7-5-8/h4-7H,3H2,1-2H3/t11-/m1/s1.